The van der Waals surface area contributed by atoms with Crippen molar-refractivity contribution >= 4 is 50.6 Å². The van der Waals surface area contributed by atoms with Crippen LogP contribution in [0.4, 0.5) is 0 Å². The summed E-state index contributed by atoms with van der Waals surface area (Å²) < 4.78 is 1.14. The Bertz CT molecular complexity index is 560. The fourth-order valence-electron chi connectivity index (χ4n) is 1.77. The van der Waals surface area contributed by atoms with E-state index in [0.717, 1.165) is 31.3 Å². The first-order valence-corrected chi connectivity index (χ1v) is 7.93. The van der Waals surface area contributed by atoms with Crippen LogP contribution in [0.3, 0.4) is 0 Å². The van der Waals surface area contributed by atoms with Crippen LogP contribution < -0.4 is 0 Å². The number of carbonyl (C=O) groups is 1. The molecule has 1 aromatic heterocycles. The van der Waals surface area contributed by atoms with Crippen LogP contribution in [0.15, 0.2) is 18.2 Å². The molecule has 1 aromatic carbocycles. The maximum absolute atomic E-state index is 12.0. The summed E-state index contributed by atoms with van der Waals surface area (Å²) in [4.78, 5) is 12.9. The van der Waals surface area contributed by atoms with Crippen LogP contribution in [-0.4, -0.2) is 17.8 Å². The molecule has 0 amide bonds. The van der Waals surface area contributed by atoms with E-state index >= 15 is 0 Å². The van der Waals surface area contributed by atoms with E-state index in [-0.39, 0.29) is 5.78 Å². The molecule has 4 heteroatoms. The largest absolute Gasteiger partial charge is 0.293 e. The first kappa shape index (κ1) is 12.9. The van der Waals surface area contributed by atoms with E-state index in [1.165, 1.54) is 0 Å². The number of aryl methyl sites for hydroxylation is 1. The molecule has 1 nitrogen and oxygen atoms in total. The van der Waals surface area contributed by atoms with Gasteiger partial charge in [-0.15, -0.1) is 11.3 Å². The van der Waals surface area contributed by atoms with Crippen molar-refractivity contribution in [1.29, 1.82) is 0 Å². The molecule has 0 aliphatic rings. The van der Waals surface area contributed by atoms with E-state index in [1.807, 2.05) is 31.4 Å². The van der Waals surface area contributed by atoms with Gasteiger partial charge >= 0.3 is 0 Å². The van der Waals surface area contributed by atoms with E-state index in [2.05, 4.69) is 0 Å². The Balaban J connectivity index is 2.42. The Hall–Kier alpha value is -0.510. The van der Waals surface area contributed by atoms with Gasteiger partial charge in [-0.05, 0) is 42.3 Å². The summed E-state index contributed by atoms with van der Waals surface area (Å²) in [6.45, 7) is 2.00. The number of thiophene rings is 1. The number of halogens is 1. The fraction of sp³-hybridized carbons (Fsp3) is 0.308. The monoisotopic (exact) mass is 284 g/mol. The standard InChI is InChI=1S/C13H13ClOS2/c1-8-10-7-9(14)3-4-12(10)17-13(8)11(15)5-6-16-2/h3-4,7H,5-6H2,1-2H3. The Kier molecular flexibility index (Phi) is 4.13. The second-order valence-electron chi connectivity index (χ2n) is 3.86. The molecule has 0 saturated heterocycles. The highest BCUT2D eigenvalue weighted by Crippen LogP contribution is 2.33. The zero-order chi connectivity index (χ0) is 12.4. The van der Waals surface area contributed by atoms with Crippen LogP contribution in [0.25, 0.3) is 10.1 Å². The van der Waals surface area contributed by atoms with Crippen LogP contribution in [0.2, 0.25) is 5.02 Å². The molecule has 0 spiro atoms. The highest BCUT2D eigenvalue weighted by Gasteiger charge is 2.15. The summed E-state index contributed by atoms with van der Waals surface area (Å²) in [5, 5.41) is 1.83. The van der Waals surface area contributed by atoms with Crippen LogP contribution in [0.5, 0.6) is 0 Å². The molecule has 0 unspecified atom stereocenters. The molecule has 0 fully saturated rings. The summed E-state index contributed by atoms with van der Waals surface area (Å²) in [5.41, 5.74) is 1.07. The normalized spacial score (nSPS) is 11.0. The molecular weight excluding hydrogens is 272 g/mol. The summed E-state index contributed by atoms with van der Waals surface area (Å²) in [5.74, 6) is 1.13. The summed E-state index contributed by atoms with van der Waals surface area (Å²) >= 11 is 9.26. The predicted octanol–water partition coefficient (Wildman–Crippen LogP) is 4.80. The topological polar surface area (TPSA) is 17.1 Å². The first-order chi connectivity index (χ1) is 8.13. The number of thioether (sulfide) groups is 1. The van der Waals surface area contributed by atoms with Gasteiger partial charge in [-0.25, -0.2) is 0 Å². The van der Waals surface area contributed by atoms with Crippen molar-refractivity contribution in [1.82, 2.24) is 0 Å². The zero-order valence-corrected chi connectivity index (χ0v) is 12.1. The van der Waals surface area contributed by atoms with Gasteiger partial charge in [0, 0.05) is 21.9 Å². The maximum Gasteiger partial charge on any atom is 0.173 e. The number of benzene rings is 1. The second-order valence-corrected chi connectivity index (χ2v) is 6.34. The number of rotatable bonds is 4. The van der Waals surface area contributed by atoms with E-state index in [1.54, 1.807) is 23.1 Å². The van der Waals surface area contributed by atoms with Crippen molar-refractivity contribution in [3.05, 3.63) is 33.7 Å². The molecule has 0 atom stereocenters. The lowest BCUT2D eigenvalue weighted by atomic mass is 10.1. The minimum atomic E-state index is 0.245. The van der Waals surface area contributed by atoms with E-state index < -0.39 is 0 Å². The maximum atomic E-state index is 12.0. The highest BCUT2D eigenvalue weighted by atomic mass is 35.5. The molecule has 0 aliphatic heterocycles. The molecule has 0 aliphatic carbocycles. The van der Waals surface area contributed by atoms with Gasteiger partial charge in [-0.1, -0.05) is 11.6 Å². The average molecular weight is 285 g/mol. The van der Waals surface area contributed by atoms with Gasteiger partial charge in [-0.2, -0.15) is 11.8 Å². The van der Waals surface area contributed by atoms with Gasteiger partial charge in [0.15, 0.2) is 5.78 Å². The molecule has 2 rings (SSSR count). The molecule has 0 saturated carbocycles. The number of Topliss-reactive ketones (excluding diaryl/α,β-unsaturated/α-hetero) is 1. The molecule has 0 N–H and O–H groups in total. The van der Waals surface area contributed by atoms with Crippen LogP contribution in [0, 0.1) is 6.92 Å². The smallest absolute Gasteiger partial charge is 0.173 e. The van der Waals surface area contributed by atoms with Crippen molar-refractivity contribution in [2.24, 2.45) is 0 Å². The molecule has 17 heavy (non-hydrogen) atoms. The number of hydrogen-bond acceptors (Lipinski definition) is 3. The summed E-state index contributed by atoms with van der Waals surface area (Å²) in [6, 6.07) is 5.80. The number of ketones is 1. The fourth-order valence-corrected chi connectivity index (χ4v) is 3.49. The lowest BCUT2D eigenvalue weighted by Crippen LogP contribution is -1.99. The van der Waals surface area contributed by atoms with Crippen molar-refractivity contribution < 1.29 is 4.79 Å². The lowest BCUT2D eigenvalue weighted by molar-refractivity contribution is 0.0993. The van der Waals surface area contributed by atoms with Crippen molar-refractivity contribution in [2.75, 3.05) is 12.0 Å². The van der Waals surface area contributed by atoms with Crippen molar-refractivity contribution in [3.63, 3.8) is 0 Å². The van der Waals surface area contributed by atoms with Crippen LogP contribution in [-0.2, 0) is 0 Å². The molecular formula is C13H13ClOS2. The first-order valence-electron chi connectivity index (χ1n) is 5.34. The van der Waals surface area contributed by atoms with Gasteiger partial charge in [0.05, 0.1) is 4.88 Å². The average Bonchev–Trinajstić information content (AvgIpc) is 2.64. The van der Waals surface area contributed by atoms with Crippen LogP contribution in [0.1, 0.15) is 21.7 Å². The van der Waals surface area contributed by atoms with Crippen molar-refractivity contribution in [2.45, 2.75) is 13.3 Å². The summed E-state index contributed by atoms with van der Waals surface area (Å²) in [6.07, 6.45) is 2.63. The van der Waals surface area contributed by atoms with Gasteiger partial charge in [0.2, 0.25) is 0 Å². The van der Waals surface area contributed by atoms with E-state index in [9.17, 15) is 4.79 Å². The highest BCUT2D eigenvalue weighted by molar-refractivity contribution is 7.98. The van der Waals surface area contributed by atoms with Gasteiger partial charge < -0.3 is 0 Å². The van der Waals surface area contributed by atoms with Gasteiger partial charge in [-0.3, -0.25) is 4.79 Å². The Morgan fingerprint density at radius 1 is 1.47 bits per heavy atom. The molecule has 0 bridgehead atoms. The minimum Gasteiger partial charge on any atom is -0.293 e. The molecule has 0 radical (unpaired) electrons. The molecule has 90 valence electrons. The molecule has 2 aromatic rings. The quantitative estimate of drug-likeness (QED) is 0.750. The third-order valence-corrected chi connectivity index (χ3v) is 4.85. The van der Waals surface area contributed by atoms with Gasteiger partial charge in [0.25, 0.3) is 0 Å². The predicted molar refractivity (Wildman–Crippen MR) is 78.9 cm³/mol. The van der Waals surface area contributed by atoms with Crippen LogP contribution >= 0.6 is 34.7 Å². The van der Waals surface area contributed by atoms with Crippen molar-refractivity contribution in [3.8, 4) is 0 Å². The number of carbonyl (C=O) groups excluding carboxylic acids is 1. The Morgan fingerprint density at radius 2 is 2.24 bits per heavy atom. The SMILES string of the molecule is CSCCC(=O)c1sc2ccc(Cl)cc2c1C. The zero-order valence-electron chi connectivity index (χ0n) is 9.75. The minimum absolute atomic E-state index is 0.245. The summed E-state index contributed by atoms with van der Waals surface area (Å²) in [7, 11) is 0. The third-order valence-electron chi connectivity index (χ3n) is 2.68. The molecule has 1 heterocycles. The van der Waals surface area contributed by atoms with Gasteiger partial charge in [0.1, 0.15) is 0 Å². The van der Waals surface area contributed by atoms with E-state index in [4.69, 9.17) is 11.6 Å². The Morgan fingerprint density at radius 3 is 2.94 bits per heavy atom. The number of fused-ring (bicyclic) bond motifs is 1. The van der Waals surface area contributed by atoms with E-state index in [0.29, 0.717) is 6.42 Å². The Labute approximate surface area is 114 Å². The third kappa shape index (κ3) is 2.67. The number of hydrogen-bond donors (Lipinski definition) is 0. The second kappa shape index (κ2) is 5.42. The lowest BCUT2D eigenvalue weighted by Gasteiger charge is -1.97.